The van der Waals surface area contributed by atoms with Gasteiger partial charge in [0.1, 0.15) is 11.3 Å². The van der Waals surface area contributed by atoms with Crippen molar-refractivity contribution >= 4 is 23.3 Å². The first-order valence-electron chi connectivity index (χ1n) is 13.2. The molecule has 0 amide bonds. The van der Waals surface area contributed by atoms with Crippen LogP contribution in [0.2, 0.25) is 5.02 Å². The van der Waals surface area contributed by atoms with Gasteiger partial charge in [-0.25, -0.2) is 4.79 Å². The Bertz CT molecular complexity index is 1250. The van der Waals surface area contributed by atoms with Gasteiger partial charge in [-0.3, -0.25) is 4.98 Å². The number of aromatic nitrogens is 1. The van der Waals surface area contributed by atoms with Crippen LogP contribution in [0.5, 0.6) is 5.75 Å². The summed E-state index contributed by atoms with van der Waals surface area (Å²) < 4.78 is 11.4. The van der Waals surface area contributed by atoms with E-state index in [9.17, 15) is 4.79 Å². The second-order valence-corrected chi connectivity index (χ2v) is 11.0. The molecule has 1 atom stereocenters. The summed E-state index contributed by atoms with van der Waals surface area (Å²) in [6.07, 6.45) is 8.24. The van der Waals surface area contributed by atoms with Gasteiger partial charge >= 0.3 is 5.97 Å². The number of fused-ring (bicyclic) bond motifs is 2. The van der Waals surface area contributed by atoms with E-state index >= 15 is 0 Å². The van der Waals surface area contributed by atoms with E-state index < -0.39 is 5.54 Å². The van der Waals surface area contributed by atoms with Gasteiger partial charge in [0.25, 0.3) is 0 Å². The number of anilines is 1. The van der Waals surface area contributed by atoms with Gasteiger partial charge in [-0.2, -0.15) is 0 Å². The average Bonchev–Trinajstić information content (AvgIpc) is 3.20. The van der Waals surface area contributed by atoms with E-state index in [0.717, 1.165) is 49.2 Å². The standard InChI is InChI=1S/C31H35ClN2O3/c1-22-19-27(12-17-33-22)37-18-6-8-24-20-23-7-3-4-11-28(23)30(24)13-15-31(16-14-30,29(35)36-2)34-26-10-5-9-25(32)21-26/h3-5,7,9-12,17,19,21,24,34H,6,8,13-16,18,20H2,1-2H3. The van der Waals surface area contributed by atoms with Gasteiger partial charge in [0.05, 0.1) is 13.7 Å². The average molecular weight is 519 g/mol. The van der Waals surface area contributed by atoms with E-state index in [0.29, 0.717) is 30.4 Å². The zero-order valence-electron chi connectivity index (χ0n) is 21.6. The molecule has 1 N–H and O–H groups in total. The molecular weight excluding hydrogens is 484 g/mol. The molecule has 1 fully saturated rings. The molecule has 1 unspecified atom stereocenters. The van der Waals surface area contributed by atoms with Gasteiger partial charge in [0, 0.05) is 28.7 Å². The quantitative estimate of drug-likeness (QED) is 0.259. The number of rotatable bonds is 8. The van der Waals surface area contributed by atoms with Crippen LogP contribution < -0.4 is 10.1 Å². The van der Waals surface area contributed by atoms with Crippen molar-refractivity contribution in [3.05, 3.63) is 88.7 Å². The monoisotopic (exact) mass is 518 g/mol. The molecule has 2 aliphatic rings. The van der Waals surface area contributed by atoms with E-state index in [-0.39, 0.29) is 11.4 Å². The Morgan fingerprint density at radius 2 is 1.89 bits per heavy atom. The van der Waals surface area contributed by atoms with Crippen molar-refractivity contribution in [3.63, 3.8) is 0 Å². The third-order valence-electron chi connectivity index (χ3n) is 8.42. The smallest absolute Gasteiger partial charge is 0.331 e. The Kier molecular flexibility index (Phi) is 7.43. The fourth-order valence-electron chi connectivity index (χ4n) is 6.59. The molecule has 0 aliphatic heterocycles. The number of esters is 1. The van der Waals surface area contributed by atoms with Gasteiger partial charge in [0.2, 0.25) is 0 Å². The number of nitrogens with one attached hydrogen (secondary N) is 1. The number of hydrogen-bond acceptors (Lipinski definition) is 5. The molecule has 0 radical (unpaired) electrons. The van der Waals surface area contributed by atoms with Crippen molar-refractivity contribution < 1.29 is 14.3 Å². The van der Waals surface area contributed by atoms with Crippen molar-refractivity contribution in [2.45, 2.75) is 62.8 Å². The van der Waals surface area contributed by atoms with E-state index in [2.05, 4.69) is 34.6 Å². The molecule has 37 heavy (non-hydrogen) atoms. The number of carbonyl (C=O) groups is 1. The van der Waals surface area contributed by atoms with E-state index in [1.165, 1.54) is 18.2 Å². The molecule has 0 bridgehead atoms. The Labute approximate surface area is 224 Å². The third kappa shape index (κ3) is 5.19. The van der Waals surface area contributed by atoms with Crippen molar-refractivity contribution in [2.24, 2.45) is 5.92 Å². The molecule has 1 heterocycles. The number of pyridine rings is 1. The Hall–Kier alpha value is -3.05. The minimum atomic E-state index is -0.755. The highest BCUT2D eigenvalue weighted by atomic mass is 35.5. The fraction of sp³-hybridized carbons (Fsp3) is 0.419. The zero-order valence-corrected chi connectivity index (χ0v) is 22.4. The molecule has 6 heteroatoms. The lowest BCUT2D eigenvalue weighted by molar-refractivity contribution is -0.148. The highest BCUT2D eigenvalue weighted by Gasteiger charge is 2.53. The van der Waals surface area contributed by atoms with Gasteiger partial charge in [0.15, 0.2) is 0 Å². The lowest BCUT2D eigenvalue weighted by Crippen LogP contribution is -2.53. The number of halogens is 1. The predicted octanol–water partition coefficient (Wildman–Crippen LogP) is 6.91. The number of methoxy groups -OCH3 is 1. The lowest BCUT2D eigenvalue weighted by Gasteiger charge is -2.47. The number of ether oxygens (including phenoxy) is 2. The second-order valence-electron chi connectivity index (χ2n) is 10.5. The normalized spacial score (nSPS) is 24.5. The van der Waals surface area contributed by atoms with Crippen molar-refractivity contribution in [1.29, 1.82) is 0 Å². The Balaban J connectivity index is 1.32. The van der Waals surface area contributed by atoms with Crippen LogP contribution in [0.4, 0.5) is 5.69 Å². The third-order valence-corrected chi connectivity index (χ3v) is 8.65. The van der Waals surface area contributed by atoms with Crippen molar-refractivity contribution in [3.8, 4) is 5.75 Å². The van der Waals surface area contributed by atoms with Crippen LogP contribution in [0, 0.1) is 12.8 Å². The summed E-state index contributed by atoms with van der Waals surface area (Å²) in [4.78, 5) is 17.4. The van der Waals surface area contributed by atoms with Gasteiger partial charge < -0.3 is 14.8 Å². The summed E-state index contributed by atoms with van der Waals surface area (Å²) in [5.74, 6) is 1.20. The topological polar surface area (TPSA) is 60.5 Å². The number of hydrogen-bond donors (Lipinski definition) is 1. The predicted molar refractivity (Wildman–Crippen MR) is 147 cm³/mol. The van der Waals surface area contributed by atoms with Crippen LogP contribution in [0.15, 0.2) is 66.9 Å². The first-order chi connectivity index (χ1) is 17.9. The largest absolute Gasteiger partial charge is 0.493 e. The summed E-state index contributed by atoms with van der Waals surface area (Å²) in [5.41, 5.74) is 4.04. The van der Waals surface area contributed by atoms with E-state index in [1.54, 1.807) is 6.20 Å². The molecule has 2 aliphatic carbocycles. The molecule has 0 saturated heterocycles. The van der Waals surface area contributed by atoms with Crippen LogP contribution in [0.25, 0.3) is 0 Å². The lowest BCUT2D eigenvalue weighted by atomic mass is 9.60. The maximum atomic E-state index is 13.1. The molecule has 5 nitrogen and oxygen atoms in total. The summed E-state index contributed by atoms with van der Waals surface area (Å²) in [5, 5.41) is 4.17. The van der Waals surface area contributed by atoms with Gasteiger partial charge in [-0.05, 0) is 98.6 Å². The maximum Gasteiger partial charge on any atom is 0.331 e. The zero-order chi connectivity index (χ0) is 25.9. The summed E-state index contributed by atoms with van der Waals surface area (Å²) >= 11 is 6.23. The molecule has 5 rings (SSSR count). The molecule has 194 valence electrons. The second kappa shape index (κ2) is 10.7. The SMILES string of the molecule is COC(=O)C1(Nc2cccc(Cl)c2)CCC2(CC1)c1ccccc1CC2CCCOc1ccnc(C)c1. The van der Waals surface area contributed by atoms with Crippen LogP contribution >= 0.6 is 11.6 Å². The van der Waals surface area contributed by atoms with Gasteiger partial charge in [-0.1, -0.05) is 41.9 Å². The van der Waals surface area contributed by atoms with Crippen LogP contribution in [0.3, 0.4) is 0 Å². The van der Waals surface area contributed by atoms with Crippen LogP contribution in [-0.4, -0.2) is 30.2 Å². The van der Waals surface area contributed by atoms with Crippen LogP contribution in [0.1, 0.15) is 55.3 Å². The van der Waals surface area contributed by atoms with Crippen LogP contribution in [-0.2, 0) is 21.4 Å². The summed E-state index contributed by atoms with van der Waals surface area (Å²) in [6.45, 7) is 2.67. The number of aryl methyl sites for hydroxylation is 1. The highest BCUT2D eigenvalue weighted by molar-refractivity contribution is 6.30. The summed E-state index contributed by atoms with van der Waals surface area (Å²) in [7, 11) is 1.48. The molecule has 2 aromatic carbocycles. The molecule has 1 saturated carbocycles. The Morgan fingerprint density at radius 1 is 1.08 bits per heavy atom. The first-order valence-corrected chi connectivity index (χ1v) is 13.6. The number of carbonyl (C=O) groups excluding carboxylic acids is 1. The molecule has 1 spiro atoms. The maximum absolute atomic E-state index is 13.1. The minimum absolute atomic E-state index is 0.0668. The highest BCUT2D eigenvalue weighted by Crippen LogP contribution is 2.55. The van der Waals surface area contributed by atoms with Crippen molar-refractivity contribution in [2.75, 3.05) is 19.0 Å². The van der Waals surface area contributed by atoms with E-state index in [4.69, 9.17) is 21.1 Å². The number of nitrogens with zero attached hydrogens (tertiary/aromatic N) is 1. The molecular formula is C31H35ClN2O3. The molecule has 1 aromatic heterocycles. The Morgan fingerprint density at radius 3 is 2.65 bits per heavy atom. The molecule has 3 aromatic rings. The van der Waals surface area contributed by atoms with E-state index in [1.807, 2.05) is 43.3 Å². The van der Waals surface area contributed by atoms with Crippen molar-refractivity contribution in [1.82, 2.24) is 4.98 Å². The minimum Gasteiger partial charge on any atom is -0.493 e. The number of benzene rings is 2. The fourth-order valence-corrected chi connectivity index (χ4v) is 6.78. The summed E-state index contributed by atoms with van der Waals surface area (Å²) in [6, 6.07) is 20.4. The van der Waals surface area contributed by atoms with Gasteiger partial charge in [-0.15, -0.1) is 0 Å². The first kappa shape index (κ1) is 25.6.